The van der Waals surface area contributed by atoms with Crippen molar-refractivity contribution in [3.63, 3.8) is 0 Å². The molecule has 1 unspecified atom stereocenters. The number of aliphatic hydroxyl groups is 1. The minimum absolute atomic E-state index is 0.0785. The molecule has 1 heteroatoms. The summed E-state index contributed by atoms with van der Waals surface area (Å²) in [6.07, 6.45) is 27.4. The van der Waals surface area contributed by atoms with E-state index in [2.05, 4.69) is 153 Å². The number of hydrogen-bond donors (Lipinski definition) is 1. The maximum absolute atomic E-state index is 10.1. The molecule has 1 atom stereocenters. The molecule has 0 saturated heterocycles. The topological polar surface area (TPSA) is 20.2 Å². The Kier molecular flexibility index (Phi) is 12.7. The summed E-state index contributed by atoms with van der Waals surface area (Å²) in [6, 6.07) is 0. The molecule has 2 aliphatic carbocycles. The van der Waals surface area contributed by atoms with Crippen molar-refractivity contribution in [1.29, 1.82) is 0 Å². The van der Waals surface area contributed by atoms with Gasteiger partial charge in [0.15, 0.2) is 0 Å². The third-order valence-corrected chi connectivity index (χ3v) is 7.47. The summed E-state index contributed by atoms with van der Waals surface area (Å²) in [6.45, 7) is 21.4. The highest BCUT2D eigenvalue weighted by Crippen LogP contribution is 2.40. The van der Waals surface area contributed by atoms with Crippen molar-refractivity contribution in [2.45, 2.75) is 94.6 Å². The minimum atomic E-state index is -0.258. The Hall–Kier alpha value is -3.52. The van der Waals surface area contributed by atoms with Gasteiger partial charge in [-0.25, -0.2) is 0 Å². The molecule has 1 nitrogen and oxygen atoms in total. The lowest BCUT2D eigenvalue weighted by atomic mass is 9.72. The molecule has 0 spiro atoms. The molecule has 41 heavy (non-hydrogen) atoms. The second kappa shape index (κ2) is 15.5. The minimum Gasteiger partial charge on any atom is -0.393 e. The molecule has 0 bridgehead atoms. The molecule has 0 fully saturated rings. The van der Waals surface area contributed by atoms with Gasteiger partial charge in [0.1, 0.15) is 0 Å². The zero-order valence-electron chi connectivity index (χ0n) is 27.1. The fourth-order valence-electron chi connectivity index (χ4n) is 5.21. The third-order valence-electron chi connectivity index (χ3n) is 7.47. The quantitative estimate of drug-likeness (QED) is 0.259. The van der Waals surface area contributed by atoms with E-state index in [0.29, 0.717) is 0 Å². The second-order valence-electron chi connectivity index (χ2n) is 12.8. The highest BCUT2D eigenvalue weighted by atomic mass is 16.3. The molecule has 2 rings (SSSR count). The Morgan fingerprint density at radius 3 is 1.76 bits per heavy atom. The van der Waals surface area contributed by atoms with E-state index >= 15 is 0 Å². The van der Waals surface area contributed by atoms with E-state index in [-0.39, 0.29) is 16.9 Å². The summed E-state index contributed by atoms with van der Waals surface area (Å²) in [5, 5.41) is 10.1. The molecular weight excluding hydrogens is 496 g/mol. The number of aliphatic hydroxyl groups excluding tert-OH is 1. The van der Waals surface area contributed by atoms with Gasteiger partial charge in [-0.1, -0.05) is 141 Å². The zero-order chi connectivity index (χ0) is 30.6. The van der Waals surface area contributed by atoms with Crippen molar-refractivity contribution in [2.24, 2.45) is 10.8 Å². The van der Waals surface area contributed by atoms with Gasteiger partial charge >= 0.3 is 0 Å². The van der Waals surface area contributed by atoms with Crippen LogP contribution in [0, 0.1) is 34.5 Å². The molecule has 0 amide bonds. The van der Waals surface area contributed by atoms with E-state index < -0.39 is 0 Å². The highest BCUT2D eigenvalue weighted by Gasteiger charge is 2.32. The van der Waals surface area contributed by atoms with Crippen LogP contribution in [0.2, 0.25) is 0 Å². The molecule has 0 aromatic heterocycles. The van der Waals surface area contributed by atoms with Gasteiger partial charge in [-0.3, -0.25) is 0 Å². The van der Waals surface area contributed by atoms with Crippen LogP contribution in [0.5, 0.6) is 0 Å². The van der Waals surface area contributed by atoms with Gasteiger partial charge in [-0.2, -0.15) is 0 Å². The first-order valence-corrected chi connectivity index (χ1v) is 14.7. The molecule has 216 valence electrons. The Labute approximate surface area is 251 Å². The van der Waals surface area contributed by atoms with E-state index in [1.807, 2.05) is 13.0 Å². The molecular formula is C40H50O. The van der Waals surface area contributed by atoms with E-state index in [9.17, 15) is 5.11 Å². The van der Waals surface area contributed by atoms with Gasteiger partial charge in [0.25, 0.3) is 0 Å². The molecule has 0 aliphatic heterocycles. The van der Waals surface area contributed by atoms with Crippen LogP contribution in [-0.2, 0) is 0 Å². The Morgan fingerprint density at radius 1 is 0.756 bits per heavy atom. The Balaban J connectivity index is 1.93. The van der Waals surface area contributed by atoms with Crippen molar-refractivity contribution in [3.05, 3.63) is 117 Å². The lowest BCUT2D eigenvalue weighted by Crippen LogP contribution is -2.28. The lowest BCUT2D eigenvalue weighted by Gasteiger charge is -2.34. The second-order valence-corrected chi connectivity index (χ2v) is 12.8. The Bertz CT molecular complexity index is 1410. The zero-order valence-corrected chi connectivity index (χ0v) is 27.1. The van der Waals surface area contributed by atoms with Crippen LogP contribution in [0.25, 0.3) is 0 Å². The first kappa shape index (κ1) is 33.7. The van der Waals surface area contributed by atoms with Crippen molar-refractivity contribution in [1.82, 2.24) is 0 Å². The summed E-state index contributed by atoms with van der Waals surface area (Å²) in [7, 11) is 0. The van der Waals surface area contributed by atoms with E-state index in [1.165, 1.54) is 33.4 Å². The Morgan fingerprint density at radius 2 is 1.27 bits per heavy atom. The van der Waals surface area contributed by atoms with E-state index in [4.69, 9.17) is 0 Å². The van der Waals surface area contributed by atoms with Crippen LogP contribution in [0.15, 0.2) is 117 Å². The van der Waals surface area contributed by atoms with Crippen LogP contribution in [0.4, 0.5) is 0 Å². The number of rotatable bonds is 6. The average molecular weight is 547 g/mol. The average Bonchev–Trinajstić information content (AvgIpc) is 2.84. The monoisotopic (exact) mass is 546 g/mol. The van der Waals surface area contributed by atoms with Gasteiger partial charge in [-0.05, 0) is 77.5 Å². The fraction of sp³-hybridized carbons (Fsp3) is 0.400. The van der Waals surface area contributed by atoms with Gasteiger partial charge in [-0.15, -0.1) is 0 Å². The van der Waals surface area contributed by atoms with Crippen LogP contribution >= 0.6 is 0 Å². The van der Waals surface area contributed by atoms with Crippen LogP contribution < -0.4 is 0 Å². The standard InChI is InChI=1S/C40H50O/c1-30(18-13-20-32(3)23-25-37-34(5)22-15-27-39(37,7)8)16-11-12-17-31(2)19-14-21-33(4)24-26-38-35(6)28-36(41)29-40(38,9)10/h11-22,36,41H,27-29H2,1-10H3. The van der Waals surface area contributed by atoms with Crippen molar-refractivity contribution in [3.8, 4) is 23.7 Å². The van der Waals surface area contributed by atoms with E-state index in [0.717, 1.165) is 30.4 Å². The van der Waals surface area contributed by atoms with Crippen molar-refractivity contribution >= 4 is 0 Å². The van der Waals surface area contributed by atoms with Gasteiger partial charge in [0.05, 0.1) is 6.10 Å². The molecule has 0 radical (unpaired) electrons. The molecule has 0 aromatic carbocycles. The third kappa shape index (κ3) is 11.5. The summed E-state index contributed by atoms with van der Waals surface area (Å²) in [5.41, 5.74) is 9.34. The molecule has 0 heterocycles. The van der Waals surface area contributed by atoms with Crippen molar-refractivity contribution < 1.29 is 5.11 Å². The highest BCUT2D eigenvalue weighted by molar-refractivity contribution is 5.48. The molecule has 0 saturated carbocycles. The lowest BCUT2D eigenvalue weighted by molar-refractivity contribution is 0.117. The first-order valence-electron chi connectivity index (χ1n) is 14.7. The first-order chi connectivity index (χ1) is 19.2. The fourth-order valence-corrected chi connectivity index (χ4v) is 5.21. The van der Waals surface area contributed by atoms with Crippen LogP contribution in [-0.4, -0.2) is 11.2 Å². The summed E-state index contributed by atoms with van der Waals surface area (Å²) in [5.74, 6) is 13.4. The SMILES string of the molecule is CC(C#CC1=C(C)C=CCC1(C)C)=CC=CC(C)=CC=CC=C(C)C=CC=C(C)C#CC1=C(C)CC(O)CC1(C)C. The smallest absolute Gasteiger partial charge is 0.0586 e. The van der Waals surface area contributed by atoms with Gasteiger partial charge in [0.2, 0.25) is 0 Å². The van der Waals surface area contributed by atoms with Gasteiger partial charge in [0, 0.05) is 22.0 Å². The normalized spacial score (nSPS) is 22.0. The summed E-state index contributed by atoms with van der Waals surface area (Å²) in [4.78, 5) is 0. The number of allylic oxidation sites excluding steroid dienone is 19. The van der Waals surface area contributed by atoms with Crippen molar-refractivity contribution in [2.75, 3.05) is 0 Å². The molecule has 0 aromatic rings. The van der Waals surface area contributed by atoms with Crippen LogP contribution in [0.3, 0.4) is 0 Å². The maximum Gasteiger partial charge on any atom is 0.0586 e. The number of hydrogen-bond acceptors (Lipinski definition) is 1. The largest absolute Gasteiger partial charge is 0.393 e. The van der Waals surface area contributed by atoms with Crippen LogP contribution in [0.1, 0.15) is 88.5 Å². The van der Waals surface area contributed by atoms with Gasteiger partial charge < -0.3 is 5.11 Å². The molecule has 1 N–H and O–H groups in total. The predicted octanol–water partition coefficient (Wildman–Crippen LogP) is 10.2. The molecule has 2 aliphatic rings. The van der Waals surface area contributed by atoms with E-state index in [1.54, 1.807) is 0 Å². The summed E-state index contributed by atoms with van der Waals surface area (Å²) >= 11 is 0. The predicted molar refractivity (Wildman–Crippen MR) is 180 cm³/mol. The maximum atomic E-state index is 10.1. The summed E-state index contributed by atoms with van der Waals surface area (Å²) < 4.78 is 0.